The first-order valence-electron chi connectivity index (χ1n) is 9.95. The van der Waals surface area contributed by atoms with Gasteiger partial charge in [-0.3, -0.25) is 4.79 Å². The van der Waals surface area contributed by atoms with E-state index in [0.717, 1.165) is 31.1 Å². The van der Waals surface area contributed by atoms with Crippen molar-refractivity contribution in [2.75, 3.05) is 27.2 Å². The van der Waals surface area contributed by atoms with Crippen molar-refractivity contribution in [1.29, 1.82) is 0 Å². The number of carbonyl (C=O) groups is 1. The first-order valence-corrected chi connectivity index (χ1v) is 9.95. The molecule has 0 radical (unpaired) electrons. The number of guanidine groups is 1. The number of rotatable bonds is 11. The summed E-state index contributed by atoms with van der Waals surface area (Å²) in [5.74, 6) is 2.34. The molecule has 8 nitrogen and oxygen atoms in total. The Morgan fingerprint density at radius 2 is 2.00 bits per heavy atom. The number of aryl methyl sites for hydroxylation is 1. The predicted octanol–water partition coefficient (Wildman–Crippen LogP) is 2.30. The monoisotopic (exact) mass is 507 g/mol. The summed E-state index contributed by atoms with van der Waals surface area (Å²) in [6.07, 6.45) is 6.07. The van der Waals surface area contributed by atoms with Gasteiger partial charge in [-0.1, -0.05) is 33.6 Å². The Labute approximate surface area is 187 Å². The van der Waals surface area contributed by atoms with Crippen molar-refractivity contribution >= 4 is 35.8 Å². The molecule has 1 aromatic rings. The molecule has 0 saturated carbocycles. The van der Waals surface area contributed by atoms with E-state index in [-0.39, 0.29) is 36.4 Å². The minimum atomic E-state index is -0.0179. The van der Waals surface area contributed by atoms with E-state index in [0.29, 0.717) is 18.5 Å². The van der Waals surface area contributed by atoms with Crippen LogP contribution in [0.25, 0.3) is 0 Å². The van der Waals surface area contributed by atoms with Crippen LogP contribution in [0, 0.1) is 5.92 Å². The normalized spacial score (nSPS) is 12.5. The molecule has 28 heavy (non-hydrogen) atoms. The van der Waals surface area contributed by atoms with E-state index in [9.17, 15) is 4.79 Å². The minimum Gasteiger partial charge on any atom is -0.355 e. The molecule has 2 N–H and O–H groups in total. The molecular formula is C19H38IN7O. The average molecular weight is 507 g/mol. The van der Waals surface area contributed by atoms with Crippen LogP contribution < -0.4 is 10.6 Å². The first-order chi connectivity index (χ1) is 12.8. The molecule has 9 heteroatoms. The summed E-state index contributed by atoms with van der Waals surface area (Å²) < 4.78 is 2.03. The van der Waals surface area contributed by atoms with Gasteiger partial charge in [0.15, 0.2) is 5.96 Å². The molecule has 1 heterocycles. The molecule has 0 bridgehead atoms. The standard InChI is InChI=1S/C19H37N7O.HI/c1-7-17-24-22-14-26(17)12-11-20-19(21-13-18(27)25(5)6)23-16(4)10-8-9-15(2)3;/h14-16H,7-13H2,1-6H3,(H2,20,21,23);1H. The Kier molecular flexibility index (Phi) is 13.9. The van der Waals surface area contributed by atoms with Crippen LogP contribution in [0.5, 0.6) is 0 Å². The minimum absolute atomic E-state index is 0. The summed E-state index contributed by atoms with van der Waals surface area (Å²) in [5.41, 5.74) is 0. The van der Waals surface area contributed by atoms with Gasteiger partial charge in [-0.25, -0.2) is 4.99 Å². The van der Waals surface area contributed by atoms with Crippen molar-refractivity contribution in [3.05, 3.63) is 12.2 Å². The number of hydrogen-bond donors (Lipinski definition) is 2. The SMILES string of the molecule is CCc1nncn1CCNC(=NCC(=O)N(C)C)NC(C)CCCC(C)C.I. The van der Waals surface area contributed by atoms with Gasteiger partial charge in [0.25, 0.3) is 0 Å². The van der Waals surface area contributed by atoms with Gasteiger partial charge in [-0.05, 0) is 19.3 Å². The number of aliphatic imine (C=N–C) groups is 1. The molecule has 1 rings (SSSR count). The highest BCUT2D eigenvalue weighted by molar-refractivity contribution is 14.0. The number of carbonyl (C=O) groups excluding carboxylic acids is 1. The third-order valence-electron chi connectivity index (χ3n) is 4.33. The van der Waals surface area contributed by atoms with Gasteiger partial charge in [-0.2, -0.15) is 0 Å². The molecule has 0 aliphatic heterocycles. The average Bonchev–Trinajstić information content (AvgIpc) is 3.06. The summed E-state index contributed by atoms with van der Waals surface area (Å²) in [6, 6.07) is 0.297. The Hall–Kier alpha value is -1.39. The zero-order valence-corrected chi connectivity index (χ0v) is 20.6. The van der Waals surface area contributed by atoms with E-state index in [1.807, 2.05) is 4.57 Å². The second kappa shape index (κ2) is 14.6. The fraction of sp³-hybridized carbons (Fsp3) is 0.789. The van der Waals surface area contributed by atoms with E-state index >= 15 is 0 Å². The van der Waals surface area contributed by atoms with Crippen LogP contribution in [-0.2, 0) is 17.8 Å². The maximum Gasteiger partial charge on any atom is 0.243 e. The predicted molar refractivity (Wildman–Crippen MR) is 125 cm³/mol. The van der Waals surface area contributed by atoms with Gasteiger partial charge < -0.3 is 20.1 Å². The van der Waals surface area contributed by atoms with Crippen LogP contribution >= 0.6 is 24.0 Å². The number of amides is 1. The molecule has 1 unspecified atom stereocenters. The smallest absolute Gasteiger partial charge is 0.243 e. The van der Waals surface area contributed by atoms with Gasteiger partial charge in [0.1, 0.15) is 18.7 Å². The molecular weight excluding hydrogens is 469 g/mol. The van der Waals surface area contributed by atoms with E-state index < -0.39 is 0 Å². The quantitative estimate of drug-likeness (QED) is 0.273. The van der Waals surface area contributed by atoms with E-state index in [2.05, 4.69) is 53.5 Å². The lowest BCUT2D eigenvalue weighted by Gasteiger charge is -2.19. The fourth-order valence-electron chi connectivity index (χ4n) is 2.61. The van der Waals surface area contributed by atoms with Crippen LogP contribution in [0.4, 0.5) is 0 Å². The van der Waals surface area contributed by atoms with Crippen molar-refractivity contribution < 1.29 is 4.79 Å². The molecule has 1 aromatic heterocycles. The molecule has 0 saturated heterocycles. The molecule has 0 spiro atoms. The van der Waals surface area contributed by atoms with Crippen LogP contribution in [0.15, 0.2) is 11.3 Å². The van der Waals surface area contributed by atoms with Crippen LogP contribution in [0.2, 0.25) is 0 Å². The van der Waals surface area contributed by atoms with Crippen molar-refractivity contribution in [2.45, 2.75) is 66.0 Å². The first kappa shape index (κ1) is 26.6. The van der Waals surface area contributed by atoms with Crippen LogP contribution in [-0.4, -0.2) is 64.8 Å². The second-order valence-electron chi connectivity index (χ2n) is 7.54. The summed E-state index contributed by atoms with van der Waals surface area (Å²) >= 11 is 0. The maximum atomic E-state index is 11.9. The Morgan fingerprint density at radius 3 is 2.61 bits per heavy atom. The molecule has 0 fully saturated rings. The van der Waals surface area contributed by atoms with Crippen molar-refractivity contribution in [3.63, 3.8) is 0 Å². The summed E-state index contributed by atoms with van der Waals surface area (Å²) in [4.78, 5) is 17.9. The van der Waals surface area contributed by atoms with Gasteiger partial charge in [0.05, 0.1) is 0 Å². The highest BCUT2D eigenvalue weighted by Crippen LogP contribution is 2.08. The number of nitrogens with zero attached hydrogens (tertiary/aromatic N) is 5. The lowest BCUT2D eigenvalue weighted by molar-refractivity contribution is -0.127. The van der Waals surface area contributed by atoms with E-state index in [4.69, 9.17) is 0 Å². The van der Waals surface area contributed by atoms with Gasteiger partial charge in [0, 0.05) is 39.6 Å². The number of nitrogens with one attached hydrogen (secondary N) is 2. The second-order valence-corrected chi connectivity index (χ2v) is 7.54. The molecule has 162 valence electrons. The lowest BCUT2D eigenvalue weighted by Crippen LogP contribution is -2.44. The fourth-order valence-corrected chi connectivity index (χ4v) is 2.61. The number of halogens is 1. The summed E-state index contributed by atoms with van der Waals surface area (Å²) in [6.45, 7) is 10.3. The summed E-state index contributed by atoms with van der Waals surface area (Å²) in [7, 11) is 3.48. The Bertz CT molecular complexity index is 587. The molecule has 0 aliphatic carbocycles. The largest absolute Gasteiger partial charge is 0.355 e. The molecule has 0 aromatic carbocycles. The van der Waals surface area contributed by atoms with Gasteiger partial charge in [0.2, 0.25) is 5.91 Å². The zero-order chi connectivity index (χ0) is 20.2. The van der Waals surface area contributed by atoms with Crippen molar-refractivity contribution in [2.24, 2.45) is 10.9 Å². The van der Waals surface area contributed by atoms with Crippen molar-refractivity contribution in [1.82, 2.24) is 30.3 Å². The third-order valence-corrected chi connectivity index (χ3v) is 4.33. The van der Waals surface area contributed by atoms with E-state index in [1.54, 1.807) is 25.3 Å². The number of aromatic nitrogens is 3. The molecule has 0 aliphatic rings. The van der Waals surface area contributed by atoms with Crippen LogP contribution in [0.3, 0.4) is 0 Å². The van der Waals surface area contributed by atoms with Crippen LogP contribution in [0.1, 0.15) is 52.8 Å². The molecule has 1 amide bonds. The Morgan fingerprint density at radius 1 is 1.29 bits per heavy atom. The summed E-state index contributed by atoms with van der Waals surface area (Å²) in [5, 5.41) is 14.8. The highest BCUT2D eigenvalue weighted by atomic mass is 127. The lowest BCUT2D eigenvalue weighted by atomic mass is 10.0. The number of hydrogen-bond acceptors (Lipinski definition) is 4. The third kappa shape index (κ3) is 10.8. The highest BCUT2D eigenvalue weighted by Gasteiger charge is 2.09. The Balaban J connectivity index is 0.00000729. The molecule has 1 atom stereocenters. The van der Waals surface area contributed by atoms with Gasteiger partial charge >= 0.3 is 0 Å². The van der Waals surface area contributed by atoms with E-state index in [1.165, 1.54) is 12.8 Å². The zero-order valence-electron chi connectivity index (χ0n) is 18.2. The van der Waals surface area contributed by atoms with Crippen molar-refractivity contribution in [3.8, 4) is 0 Å². The topological polar surface area (TPSA) is 87.4 Å². The van der Waals surface area contributed by atoms with Gasteiger partial charge in [-0.15, -0.1) is 34.2 Å². The number of likely N-dealkylation sites (N-methyl/N-ethyl adjacent to an activating group) is 1. The maximum absolute atomic E-state index is 11.9.